The van der Waals surface area contributed by atoms with Gasteiger partial charge in [0.05, 0.1) is 30.5 Å². The maximum Gasteiger partial charge on any atom is 0.336 e. The zero-order valence-electron chi connectivity index (χ0n) is 19.3. The number of cyclic esters (lactones) is 1. The molecule has 0 spiro atoms. The molecule has 0 saturated heterocycles. The van der Waals surface area contributed by atoms with Crippen LogP contribution in [0.15, 0.2) is 58.7 Å². The fourth-order valence-corrected chi connectivity index (χ4v) is 3.34. The zero-order chi connectivity index (χ0) is 23.6. The molecule has 1 unspecified atom stereocenters. The quantitative estimate of drug-likeness (QED) is 0.402. The van der Waals surface area contributed by atoms with Crippen molar-refractivity contribution in [3.8, 4) is 0 Å². The Labute approximate surface area is 185 Å². The molecule has 0 radical (unpaired) electrons. The number of ether oxygens (including phenoxy) is 1. The van der Waals surface area contributed by atoms with Gasteiger partial charge in [0.2, 0.25) is 0 Å². The number of carbonyl (C=O) groups is 1. The Morgan fingerprint density at radius 2 is 1.84 bits per heavy atom. The number of aliphatic hydroxyl groups is 4. The summed E-state index contributed by atoms with van der Waals surface area (Å²) in [5, 5.41) is 40.8. The van der Waals surface area contributed by atoms with Gasteiger partial charge in [-0.25, -0.2) is 4.79 Å². The number of carbonyl (C=O) groups excluding carboxylic acids is 1. The van der Waals surface area contributed by atoms with E-state index in [9.17, 15) is 25.2 Å². The Morgan fingerprint density at radius 3 is 2.42 bits per heavy atom. The Balaban J connectivity index is 3.35. The number of rotatable bonds is 3. The molecule has 1 rings (SSSR count). The Morgan fingerprint density at radius 1 is 1.16 bits per heavy atom. The summed E-state index contributed by atoms with van der Waals surface area (Å²) in [5.41, 5.74) is 2.49. The van der Waals surface area contributed by atoms with E-state index in [-0.39, 0.29) is 11.5 Å². The molecule has 0 aromatic rings. The molecule has 6 heteroatoms. The lowest BCUT2D eigenvalue weighted by atomic mass is 9.90. The third-order valence-corrected chi connectivity index (χ3v) is 5.50. The van der Waals surface area contributed by atoms with Crippen LogP contribution in [0.25, 0.3) is 0 Å². The van der Waals surface area contributed by atoms with Gasteiger partial charge in [-0.2, -0.15) is 0 Å². The normalized spacial score (nSPS) is 36.1. The lowest BCUT2D eigenvalue weighted by molar-refractivity contribution is -0.149. The minimum atomic E-state index is -0.891. The van der Waals surface area contributed by atoms with E-state index in [1.165, 1.54) is 6.08 Å². The molecular weight excluding hydrogens is 396 g/mol. The fraction of sp³-hybridized carbons (Fsp3) is 0.560. The van der Waals surface area contributed by atoms with Crippen molar-refractivity contribution in [2.24, 2.45) is 5.92 Å². The molecule has 0 saturated carbocycles. The second-order valence-corrected chi connectivity index (χ2v) is 8.21. The summed E-state index contributed by atoms with van der Waals surface area (Å²) in [6.07, 6.45) is 8.65. The highest BCUT2D eigenvalue weighted by atomic mass is 16.6. The molecule has 4 N–H and O–H groups in total. The molecule has 0 aliphatic carbocycles. The maximum atomic E-state index is 12.4. The third-order valence-electron chi connectivity index (χ3n) is 5.50. The molecule has 0 bridgehead atoms. The van der Waals surface area contributed by atoms with E-state index >= 15 is 0 Å². The van der Waals surface area contributed by atoms with Crippen LogP contribution in [0.4, 0.5) is 0 Å². The first-order valence-corrected chi connectivity index (χ1v) is 10.9. The van der Waals surface area contributed by atoms with Crippen molar-refractivity contribution in [1.29, 1.82) is 0 Å². The first kappa shape index (κ1) is 27.0. The van der Waals surface area contributed by atoms with E-state index in [0.29, 0.717) is 12.8 Å². The van der Waals surface area contributed by atoms with Gasteiger partial charge in [0.25, 0.3) is 0 Å². The Bertz CT molecular complexity index is 741. The molecule has 1 aliphatic heterocycles. The van der Waals surface area contributed by atoms with E-state index in [4.69, 9.17) is 4.74 Å². The van der Waals surface area contributed by atoms with E-state index in [1.54, 1.807) is 19.1 Å². The van der Waals surface area contributed by atoms with Gasteiger partial charge in [-0.15, -0.1) is 0 Å². The summed E-state index contributed by atoms with van der Waals surface area (Å²) >= 11 is 0. The molecule has 5 atom stereocenters. The van der Waals surface area contributed by atoms with Gasteiger partial charge in [-0.1, -0.05) is 42.9 Å². The molecule has 0 amide bonds. The van der Waals surface area contributed by atoms with Crippen LogP contribution in [0.3, 0.4) is 0 Å². The average molecular weight is 435 g/mol. The van der Waals surface area contributed by atoms with Crippen LogP contribution >= 0.6 is 0 Å². The van der Waals surface area contributed by atoms with Gasteiger partial charge >= 0.3 is 5.97 Å². The number of aliphatic hydroxyl groups excluding tert-OH is 4. The molecule has 1 heterocycles. The second kappa shape index (κ2) is 13.4. The SMILES string of the molecule is CCC1/C=C(/C)[C@@H](O)C/C=C/C=C(/CO)C(=O)O[C@H]([C@@H](C)O)C/C=C(C)/C=C(\C)[C@@H]1O. The lowest BCUT2D eigenvalue weighted by Gasteiger charge is -2.22. The molecule has 174 valence electrons. The smallest absolute Gasteiger partial charge is 0.336 e. The molecule has 0 aromatic carbocycles. The summed E-state index contributed by atoms with van der Waals surface area (Å²) in [6.45, 7) is 8.61. The Kier molecular flexibility index (Phi) is 11.7. The molecular formula is C25H38O6. The summed E-state index contributed by atoms with van der Waals surface area (Å²) in [5.74, 6) is -0.830. The predicted molar refractivity (Wildman–Crippen MR) is 122 cm³/mol. The first-order chi connectivity index (χ1) is 14.6. The fourth-order valence-electron chi connectivity index (χ4n) is 3.34. The van der Waals surface area contributed by atoms with Crippen LogP contribution in [0.5, 0.6) is 0 Å². The van der Waals surface area contributed by atoms with Crippen molar-refractivity contribution in [3.63, 3.8) is 0 Å². The van der Waals surface area contributed by atoms with Crippen LogP contribution in [-0.2, 0) is 9.53 Å². The highest BCUT2D eigenvalue weighted by Crippen LogP contribution is 2.22. The van der Waals surface area contributed by atoms with Gasteiger partial charge < -0.3 is 25.2 Å². The van der Waals surface area contributed by atoms with Crippen LogP contribution in [0.2, 0.25) is 0 Å². The number of allylic oxidation sites excluding steroid dienone is 4. The van der Waals surface area contributed by atoms with Gasteiger partial charge in [0.15, 0.2) is 0 Å². The van der Waals surface area contributed by atoms with Crippen LogP contribution in [0, 0.1) is 5.92 Å². The van der Waals surface area contributed by atoms with E-state index in [2.05, 4.69) is 0 Å². The predicted octanol–water partition coefficient (Wildman–Crippen LogP) is 3.13. The van der Waals surface area contributed by atoms with Gasteiger partial charge in [0, 0.05) is 12.3 Å². The van der Waals surface area contributed by atoms with Crippen LogP contribution in [0.1, 0.15) is 53.9 Å². The largest absolute Gasteiger partial charge is 0.456 e. The average Bonchev–Trinajstić information content (AvgIpc) is 2.72. The minimum Gasteiger partial charge on any atom is -0.456 e. The van der Waals surface area contributed by atoms with Crippen molar-refractivity contribution in [1.82, 2.24) is 0 Å². The van der Waals surface area contributed by atoms with Crippen molar-refractivity contribution in [3.05, 3.63) is 58.7 Å². The van der Waals surface area contributed by atoms with E-state index in [1.807, 2.05) is 45.9 Å². The highest BCUT2D eigenvalue weighted by Gasteiger charge is 2.22. The molecule has 6 nitrogen and oxygen atoms in total. The van der Waals surface area contributed by atoms with E-state index < -0.39 is 37.0 Å². The first-order valence-electron chi connectivity index (χ1n) is 10.9. The second-order valence-electron chi connectivity index (χ2n) is 8.21. The van der Waals surface area contributed by atoms with Gasteiger partial charge in [0.1, 0.15) is 6.10 Å². The van der Waals surface area contributed by atoms with Crippen molar-refractivity contribution < 1.29 is 30.0 Å². The summed E-state index contributed by atoms with van der Waals surface area (Å²) < 4.78 is 5.41. The summed E-state index contributed by atoms with van der Waals surface area (Å²) in [7, 11) is 0. The van der Waals surface area contributed by atoms with Crippen molar-refractivity contribution in [2.75, 3.05) is 6.61 Å². The monoisotopic (exact) mass is 434 g/mol. The summed E-state index contributed by atoms with van der Waals surface area (Å²) in [4.78, 5) is 12.4. The third kappa shape index (κ3) is 8.95. The molecule has 31 heavy (non-hydrogen) atoms. The molecule has 0 fully saturated rings. The van der Waals surface area contributed by atoms with E-state index in [0.717, 1.165) is 23.1 Å². The number of hydrogen-bond donors (Lipinski definition) is 4. The topological polar surface area (TPSA) is 107 Å². The standard InChI is InChI=1S/C25H38O6/c1-6-20-14-17(3)22(28)10-8-7-9-21(15-26)25(30)31-23(19(5)27)12-11-16(2)13-18(4)24(20)29/h7-9,11,13-14,19-20,22-24,26-29H,6,10,12,15H2,1-5H3/b8-7+,16-11+,17-14-,18-13+,21-9-/t19-,20?,22+,23+,24+/m1/s1. The van der Waals surface area contributed by atoms with Crippen molar-refractivity contribution >= 4 is 5.97 Å². The van der Waals surface area contributed by atoms with Gasteiger partial charge in [-0.05, 0) is 57.8 Å². The molecule has 1 aliphatic rings. The number of hydrogen-bond acceptors (Lipinski definition) is 6. The summed E-state index contributed by atoms with van der Waals surface area (Å²) in [6, 6.07) is 0. The Hall–Kier alpha value is -1.99. The minimum absolute atomic E-state index is 0.0652. The maximum absolute atomic E-state index is 12.4. The van der Waals surface area contributed by atoms with Crippen LogP contribution < -0.4 is 0 Å². The zero-order valence-corrected chi connectivity index (χ0v) is 19.3. The van der Waals surface area contributed by atoms with Crippen molar-refractivity contribution in [2.45, 2.75) is 78.3 Å². The van der Waals surface area contributed by atoms with Gasteiger partial charge in [-0.3, -0.25) is 0 Å². The molecule has 0 aromatic heterocycles. The number of esters is 1. The lowest BCUT2D eigenvalue weighted by Crippen LogP contribution is -2.29. The highest BCUT2D eigenvalue weighted by molar-refractivity contribution is 5.89. The van der Waals surface area contributed by atoms with Crippen LogP contribution in [-0.4, -0.2) is 57.4 Å².